The SMILES string of the molecule is COCCCNC(=O)[C@@H]1C[C@H](COc2ccc3c(c2)CCC3)CN(CCc2ccccc2)C1. The summed E-state index contributed by atoms with van der Waals surface area (Å²) in [4.78, 5) is 15.4. The molecule has 1 heterocycles. The lowest BCUT2D eigenvalue weighted by atomic mass is 9.88. The molecule has 1 saturated heterocycles. The van der Waals surface area contributed by atoms with Gasteiger partial charge in [-0.3, -0.25) is 4.79 Å². The highest BCUT2D eigenvalue weighted by molar-refractivity contribution is 5.79. The van der Waals surface area contributed by atoms with E-state index in [4.69, 9.17) is 9.47 Å². The molecule has 1 fully saturated rings. The van der Waals surface area contributed by atoms with Gasteiger partial charge >= 0.3 is 0 Å². The van der Waals surface area contributed by atoms with E-state index in [1.165, 1.54) is 29.5 Å². The number of hydrogen-bond acceptors (Lipinski definition) is 4. The highest BCUT2D eigenvalue weighted by atomic mass is 16.5. The van der Waals surface area contributed by atoms with Gasteiger partial charge in [0.25, 0.3) is 0 Å². The zero-order valence-corrected chi connectivity index (χ0v) is 19.9. The molecule has 0 spiro atoms. The lowest BCUT2D eigenvalue weighted by Gasteiger charge is -2.37. The standard InChI is InChI=1S/C28H38N2O3/c1-32-16-6-14-29-28(31)26-17-23(19-30(20-26)15-13-22-7-3-2-4-8-22)21-33-27-12-11-24-9-5-10-25(24)18-27/h2-4,7-8,11-12,18,23,26H,5-6,9-10,13-17,19-21H2,1H3,(H,29,31)/t23-,26+/m0/s1. The van der Waals surface area contributed by atoms with Crippen molar-refractivity contribution in [3.63, 3.8) is 0 Å². The summed E-state index contributed by atoms with van der Waals surface area (Å²) in [5.41, 5.74) is 4.25. The van der Waals surface area contributed by atoms with E-state index in [2.05, 4.69) is 58.7 Å². The summed E-state index contributed by atoms with van der Waals surface area (Å²) >= 11 is 0. The van der Waals surface area contributed by atoms with Crippen LogP contribution in [0.5, 0.6) is 5.75 Å². The number of likely N-dealkylation sites (tertiary alicyclic amines) is 1. The van der Waals surface area contributed by atoms with Crippen LogP contribution in [0.3, 0.4) is 0 Å². The van der Waals surface area contributed by atoms with Gasteiger partial charge in [0, 0.05) is 45.8 Å². The summed E-state index contributed by atoms with van der Waals surface area (Å²) < 4.78 is 11.4. The van der Waals surface area contributed by atoms with Crippen molar-refractivity contribution < 1.29 is 14.3 Å². The van der Waals surface area contributed by atoms with Gasteiger partial charge in [-0.2, -0.15) is 0 Å². The van der Waals surface area contributed by atoms with Crippen LogP contribution >= 0.6 is 0 Å². The van der Waals surface area contributed by atoms with Gasteiger partial charge in [0.1, 0.15) is 5.75 Å². The number of amides is 1. The number of carbonyl (C=O) groups excluding carboxylic acids is 1. The average molecular weight is 451 g/mol. The number of nitrogens with zero attached hydrogens (tertiary/aromatic N) is 1. The molecule has 5 nitrogen and oxygen atoms in total. The molecular formula is C28H38N2O3. The van der Waals surface area contributed by atoms with Crippen LogP contribution in [-0.2, 0) is 28.8 Å². The Hall–Kier alpha value is -2.37. The first-order valence-electron chi connectivity index (χ1n) is 12.5. The summed E-state index contributed by atoms with van der Waals surface area (Å²) in [6.07, 6.45) is 6.32. The summed E-state index contributed by atoms with van der Waals surface area (Å²) in [7, 11) is 1.69. The van der Waals surface area contributed by atoms with Crippen molar-refractivity contribution in [1.82, 2.24) is 10.2 Å². The van der Waals surface area contributed by atoms with E-state index >= 15 is 0 Å². The van der Waals surface area contributed by atoms with Crippen LogP contribution in [0.4, 0.5) is 0 Å². The number of benzene rings is 2. The molecule has 1 aliphatic carbocycles. The zero-order valence-electron chi connectivity index (χ0n) is 19.9. The molecular weight excluding hydrogens is 412 g/mol. The van der Waals surface area contributed by atoms with E-state index in [0.717, 1.165) is 51.1 Å². The molecule has 4 rings (SSSR count). The van der Waals surface area contributed by atoms with E-state index in [9.17, 15) is 4.79 Å². The number of rotatable bonds is 11. The minimum atomic E-state index is 0.00527. The third-order valence-corrected chi connectivity index (χ3v) is 6.92. The fraction of sp³-hybridized carbons (Fsp3) is 0.536. The Morgan fingerprint density at radius 2 is 1.94 bits per heavy atom. The fourth-order valence-electron chi connectivity index (χ4n) is 5.15. The number of hydrogen-bond donors (Lipinski definition) is 1. The second-order valence-electron chi connectivity index (χ2n) is 9.53. The first-order chi connectivity index (χ1) is 16.2. The number of carbonyl (C=O) groups is 1. The van der Waals surface area contributed by atoms with Crippen LogP contribution in [-0.4, -0.2) is 57.3 Å². The first-order valence-corrected chi connectivity index (χ1v) is 12.5. The van der Waals surface area contributed by atoms with Crippen LogP contribution < -0.4 is 10.1 Å². The molecule has 1 amide bonds. The van der Waals surface area contributed by atoms with E-state index in [1.54, 1.807) is 7.11 Å². The Morgan fingerprint density at radius 3 is 2.79 bits per heavy atom. The molecule has 2 atom stereocenters. The Bertz CT molecular complexity index is 886. The molecule has 5 heteroatoms. The highest BCUT2D eigenvalue weighted by Crippen LogP contribution is 2.28. The van der Waals surface area contributed by atoms with E-state index < -0.39 is 0 Å². The van der Waals surface area contributed by atoms with Gasteiger partial charge in [0.2, 0.25) is 5.91 Å². The van der Waals surface area contributed by atoms with Gasteiger partial charge in [-0.1, -0.05) is 36.4 Å². The molecule has 0 saturated carbocycles. The van der Waals surface area contributed by atoms with Crippen LogP contribution in [0.1, 0.15) is 36.0 Å². The van der Waals surface area contributed by atoms with Crippen molar-refractivity contribution in [1.29, 1.82) is 0 Å². The molecule has 33 heavy (non-hydrogen) atoms. The number of fused-ring (bicyclic) bond motifs is 1. The number of aryl methyl sites for hydroxylation is 2. The highest BCUT2D eigenvalue weighted by Gasteiger charge is 2.31. The van der Waals surface area contributed by atoms with Gasteiger partial charge in [-0.15, -0.1) is 0 Å². The van der Waals surface area contributed by atoms with Crippen molar-refractivity contribution in [3.05, 3.63) is 65.2 Å². The third-order valence-electron chi connectivity index (χ3n) is 6.92. The predicted octanol–water partition coefficient (Wildman–Crippen LogP) is 3.89. The average Bonchev–Trinajstić information content (AvgIpc) is 3.32. The quantitative estimate of drug-likeness (QED) is 0.528. The minimum absolute atomic E-state index is 0.00527. The molecule has 0 aromatic heterocycles. The summed E-state index contributed by atoms with van der Waals surface area (Å²) in [6, 6.07) is 17.2. The summed E-state index contributed by atoms with van der Waals surface area (Å²) in [6.45, 7) is 4.76. The third kappa shape index (κ3) is 7.05. The smallest absolute Gasteiger partial charge is 0.224 e. The van der Waals surface area contributed by atoms with Gasteiger partial charge in [-0.05, 0) is 67.3 Å². The maximum absolute atomic E-state index is 12.9. The maximum Gasteiger partial charge on any atom is 0.224 e. The predicted molar refractivity (Wildman–Crippen MR) is 132 cm³/mol. The van der Waals surface area contributed by atoms with Crippen molar-refractivity contribution in [2.75, 3.05) is 46.5 Å². The second-order valence-corrected chi connectivity index (χ2v) is 9.53. The van der Waals surface area contributed by atoms with Gasteiger partial charge in [-0.25, -0.2) is 0 Å². The van der Waals surface area contributed by atoms with Crippen LogP contribution in [0, 0.1) is 11.8 Å². The molecule has 0 bridgehead atoms. The van der Waals surface area contributed by atoms with Crippen molar-refractivity contribution in [3.8, 4) is 5.75 Å². The first kappa shape index (κ1) is 23.8. The van der Waals surface area contributed by atoms with Gasteiger partial charge in [0.05, 0.1) is 12.5 Å². The Balaban J connectivity index is 1.34. The van der Waals surface area contributed by atoms with Crippen LogP contribution in [0.25, 0.3) is 0 Å². The number of piperidine rings is 1. The Labute approximate surface area is 198 Å². The molecule has 2 aromatic rings. The molecule has 1 aliphatic heterocycles. The number of ether oxygens (including phenoxy) is 2. The topological polar surface area (TPSA) is 50.8 Å². The molecule has 2 aromatic carbocycles. The largest absolute Gasteiger partial charge is 0.493 e. The molecule has 0 radical (unpaired) electrons. The monoisotopic (exact) mass is 450 g/mol. The molecule has 0 unspecified atom stereocenters. The summed E-state index contributed by atoms with van der Waals surface area (Å²) in [5, 5.41) is 3.12. The van der Waals surface area contributed by atoms with Crippen LogP contribution in [0.15, 0.2) is 48.5 Å². The minimum Gasteiger partial charge on any atom is -0.493 e. The Kier molecular flexibility index (Phi) is 8.79. The van der Waals surface area contributed by atoms with Crippen molar-refractivity contribution in [2.24, 2.45) is 11.8 Å². The fourth-order valence-corrected chi connectivity index (χ4v) is 5.15. The molecule has 2 aliphatic rings. The maximum atomic E-state index is 12.9. The van der Waals surface area contributed by atoms with Gasteiger partial charge < -0.3 is 19.7 Å². The molecule has 178 valence electrons. The van der Waals surface area contributed by atoms with Crippen LogP contribution in [0.2, 0.25) is 0 Å². The van der Waals surface area contributed by atoms with E-state index in [-0.39, 0.29) is 11.8 Å². The van der Waals surface area contributed by atoms with E-state index in [1.807, 2.05) is 0 Å². The lowest BCUT2D eigenvalue weighted by molar-refractivity contribution is -0.127. The van der Waals surface area contributed by atoms with E-state index in [0.29, 0.717) is 25.7 Å². The number of methoxy groups -OCH3 is 1. The Morgan fingerprint density at radius 1 is 1.09 bits per heavy atom. The van der Waals surface area contributed by atoms with Crippen molar-refractivity contribution >= 4 is 5.91 Å². The lowest BCUT2D eigenvalue weighted by Crippen LogP contribution is -2.48. The van der Waals surface area contributed by atoms with Crippen molar-refractivity contribution in [2.45, 2.75) is 38.5 Å². The second kappa shape index (κ2) is 12.2. The van der Waals surface area contributed by atoms with Gasteiger partial charge in [0.15, 0.2) is 0 Å². The molecule has 1 N–H and O–H groups in total. The number of nitrogens with one attached hydrogen (secondary N) is 1. The normalized spacial score (nSPS) is 20.4. The zero-order chi connectivity index (χ0) is 22.9. The summed E-state index contributed by atoms with van der Waals surface area (Å²) in [5.74, 6) is 1.49.